The molecule has 2 aliphatic rings. The average molecular weight is 618 g/mol. The molecular formula is C32H30ClF2N7O2. The maximum absolute atomic E-state index is 14.8. The highest BCUT2D eigenvalue weighted by molar-refractivity contribution is 6.31. The third-order valence-electron chi connectivity index (χ3n) is 7.86. The maximum atomic E-state index is 14.8. The van der Waals surface area contributed by atoms with E-state index in [9.17, 15) is 18.4 Å². The van der Waals surface area contributed by atoms with Gasteiger partial charge >= 0.3 is 0 Å². The number of nitrogens with one attached hydrogen (secondary N) is 2. The van der Waals surface area contributed by atoms with E-state index in [-0.39, 0.29) is 43.6 Å². The molecule has 4 aromatic rings. The Bertz CT molecular complexity index is 1780. The first-order valence-corrected chi connectivity index (χ1v) is 13.9. The Morgan fingerprint density at radius 3 is 2.43 bits per heavy atom. The number of hydrogen-bond donors (Lipinski definition) is 3. The van der Waals surface area contributed by atoms with Gasteiger partial charge in [0.1, 0.15) is 17.2 Å². The molecule has 1 fully saturated rings. The fraction of sp³-hybridized carbons (Fsp3) is 0.219. The fourth-order valence-electron chi connectivity index (χ4n) is 5.44. The third-order valence-corrected chi connectivity index (χ3v) is 8.09. The number of hydrogen-bond acceptors (Lipinski definition) is 7. The number of rotatable bonds is 6. The quantitative estimate of drug-likeness (QED) is 0.277. The molecule has 1 saturated heterocycles. The van der Waals surface area contributed by atoms with Crippen LogP contribution in [0.5, 0.6) is 0 Å². The number of anilines is 2. The highest BCUT2D eigenvalue weighted by Gasteiger charge is 2.43. The Hall–Kier alpha value is -4.74. The number of benzene rings is 3. The summed E-state index contributed by atoms with van der Waals surface area (Å²) in [5.74, 6) is -1.88. The van der Waals surface area contributed by atoms with Crippen LogP contribution in [0.2, 0.25) is 5.02 Å². The number of nitrogens with two attached hydrogens (primary N) is 1. The smallest absolute Gasteiger partial charge is 0.253 e. The third kappa shape index (κ3) is 5.51. The van der Waals surface area contributed by atoms with Crippen LogP contribution in [0, 0.1) is 11.6 Å². The molecule has 0 bridgehead atoms. The normalized spacial score (nSPS) is 17.1. The van der Waals surface area contributed by atoms with Crippen LogP contribution in [0.25, 0.3) is 11.3 Å². The molecule has 226 valence electrons. The number of halogens is 3. The summed E-state index contributed by atoms with van der Waals surface area (Å²) in [6.45, 7) is 0.707. The van der Waals surface area contributed by atoms with Gasteiger partial charge in [0.15, 0.2) is 0 Å². The second-order valence-electron chi connectivity index (χ2n) is 10.4. The van der Waals surface area contributed by atoms with E-state index in [0.29, 0.717) is 51.6 Å². The lowest BCUT2D eigenvalue weighted by atomic mass is 9.95. The zero-order valence-corrected chi connectivity index (χ0v) is 23.8. The summed E-state index contributed by atoms with van der Waals surface area (Å²) in [6, 6.07) is 15.5. The van der Waals surface area contributed by atoms with Crippen LogP contribution in [0.3, 0.4) is 0 Å². The highest BCUT2D eigenvalue weighted by atomic mass is 35.5. The topological polar surface area (TPSA) is 126 Å². The molecule has 2 amide bonds. The van der Waals surface area contributed by atoms with Crippen LogP contribution in [0.1, 0.15) is 40.9 Å². The van der Waals surface area contributed by atoms with E-state index in [4.69, 9.17) is 22.3 Å². The van der Waals surface area contributed by atoms with Gasteiger partial charge < -0.3 is 21.3 Å². The number of aromatic nitrogens is 2. The minimum absolute atomic E-state index is 0. The zero-order chi connectivity index (χ0) is 30.3. The molecule has 9 nitrogen and oxygen atoms in total. The van der Waals surface area contributed by atoms with Gasteiger partial charge in [0.05, 0.1) is 23.5 Å². The van der Waals surface area contributed by atoms with E-state index in [2.05, 4.69) is 20.6 Å². The predicted octanol–water partition coefficient (Wildman–Crippen LogP) is 5.10. The maximum Gasteiger partial charge on any atom is 0.253 e. The molecule has 6 rings (SSSR count). The van der Waals surface area contributed by atoms with Crippen molar-refractivity contribution in [2.75, 3.05) is 25.5 Å². The number of amides is 2. The second-order valence-corrected chi connectivity index (χ2v) is 10.8. The van der Waals surface area contributed by atoms with Gasteiger partial charge in [0, 0.05) is 52.3 Å². The van der Waals surface area contributed by atoms with Crippen molar-refractivity contribution in [1.29, 1.82) is 0 Å². The summed E-state index contributed by atoms with van der Waals surface area (Å²) in [7, 11) is 1.66. The summed E-state index contributed by atoms with van der Waals surface area (Å²) in [5.41, 5.74) is 7.89. The molecule has 12 heteroatoms. The number of carbonyl (C=O) groups is 2. The van der Waals surface area contributed by atoms with Gasteiger partial charge in [-0.2, -0.15) is 0 Å². The first kappa shape index (κ1) is 30.7. The molecule has 1 aromatic heterocycles. The number of likely N-dealkylation sites (N-methyl/N-ethyl adjacent to an activating group) is 1. The Balaban J connectivity index is 0.00000384. The number of likely N-dealkylation sites (tertiary alicyclic amines) is 1. The highest BCUT2D eigenvalue weighted by Crippen LogP contribution is 2.35. The Morgan fingerprint density at radius 2 is 1.77 bits per heavy atom. The number of fused-ring (bicyclic) bond motifs is 3. The number of carbonyl (C=O) groups excluding carboxylic acids is 2. The molecule has 44 heavy (non-hydrogen) atoms. The van der Waals surface area contributed by atoms with Crippen LogP contribution in [0.15, 0.2) is 71.9 Å². The van der Waals surface area contributed by atoms with Gasteiger partial charge in [-0.05, 0) is 62.0 Å². The summed E-state index contributed by atoms with van der Waals surface area (Å²) in [5, 5.41) is 6.49. The molecule has 1 unspecified atom stereocenters. The van der Waals surface area contributed by atoms with Gasteiger partial charge in [-0.1, -0.05) is 31.2 Å². The lowest BCUT2D eigenvalue weighted by Gasteiger charge is -2.25. The molecular weight excluding hydrogens is 588 g/mol. The fourth-order valence-corrected chi connectivity index (χ4v) is 5.61. The van der Waals surface area contributed by atoms with E-state index in [1.807, 2.05) is 0 Å². The van der Waals surface area contributed by atoms with Crippen molar-refractivity contribution in [3.63, 3.8) is 0 Å². The van der Waals surface area contributed by atoms with Gasteiger partial charge in [-0.25, -0.2) is 18.7 Å². The minimum Gasteiger partial charge on any atom is -0.368 e. The Labute approximate surface area is 258 Å². The molecule has 4 N–H and O–H groups in total. The van der Waals surface area contributed by atoms with Gasteiger partial charge in [0.25, 0.3) is 5.91 Å². The van der Waals surface area contributed by atoms with Crippen LogP contribution in [-0.4, -0.2) is 58.1 Å². The summed E-state index contributed by atoms with van der Waals surface area (Å²) < 4.78 is 29.6. The average Bonchev–Trinajstić information content (AvgIpc) is 3.39. The van der Waals surface area contributed by atoms with Crippen LogP contribution >= 0.6 is 11.6 Å². The first-order valence-electron chi connectivity index (χ1n) is 13.5. The standard InChI is InChI=1S/C31H26ClF2N7O2.CH4/c1-36-31(29(35)43)11-12-41(16-31)28(42)17-5-8-20(9-6-17)39-30-38-15-18-14-37-27(25-23(33)3-2-4-24(25)34)22-13-19(32)7-10-21(22)26(18)40-30;/h2-10,13,15,36H,11-12,14,16H2,1H3,(H2,35,43)(H,38,39,40);1H4. The summed E-state index contributed by atoms with van der Waals surface area (Å²) in [4.78, 5) is 40.3. The predicted molar refractivity (Wildman–Crippen MR) is 166 cm³/mol. The molecule has 0 spiro atoms. The molecule has 0 radical (unpaired) electrons. The Morgan fingerprint density at radius 1 is 1.05 bits per heavy atom. The molecule has 3 heterocycles. The van der Waals surface area contributed by atoms with Crippen molar-refractivity contribution in [1.82, 2.24) is 20.2 Å². The van der Waals surface area contributed by atoms with Crippen LogP contribution < -0.4 is 16.4 Å². The first-order chi connectivity index (χ1) is 20.7. The molecule has 3 aromatic carbocycles. The Kier molecular flexibility index (Phi) is 8.44. The molecule has 2 aliphatic heterocycles. The van der Waals surface area contributed by atoms with Crippen molar-refractivity contribution < 1.29 is 18.4 Å². The molecule has 0 aliphatic carbocycles. The van der Waals surface area contributed by atoms with E-state index in [1.165, 1.54) is 18.2 Å². The van der Waals surface area contributed by atoms with Crippen LogP contribution in [-0.2, 0) is 11.3 Å². The number of aliphatic imine (C=N–C) groups is 1. The monoisotopic (exact) mass is 617 g/mol. The van der Waals surface area contributed by atoms with Gasteiger partial charge in [-0.3, -0.25) is 14.6 Å². The van der Waals surface area contributed by atoms with Gasteiger partial charge in [0.2, 0.25) is 11.9 Å². The lowest BCUT2D eigenvalue weighted by Crippen LogP contribution is -2.56. The summed E-state index contributed by atoms with van der Waals surface area (Å²) in [6.07, 6.45) is 2.06. The van der Waals surface area contributed by atoms with Crippen molar-refractivity contribution >= 4 is 40.8 Å². The SMILES string of the molecule is C.CNC1(C(N)=O)CCN(C(=O)c2ccc(Nc3ncc4c(n3)-c3ccc(Cl)cc3C(c3c(F)cccc3F)=NC4)cc2)C1. The zero-order valence-electron chi connectivity index (χ0n) is 23.0. The van der Waals surface area contributed by atoms with E-state index in [1.54, 1.807) is 60.6 Å². The molecule has 1 atom stereocenters. The number of primary amides is 1. The van der Waals surface area contributed by atoms with Gasteiger partial charge in [-0.15, -0.1) is 0 Å². The van der Waals surface area contributed by atoms with E-state index >= 15 is 0 Å². The van der Waals surface area contributed by atoms with Crippen molar-refractivity contribution in [3.05, 3.63) is 106 Å². The second kappa shape index (κ2) is 12.1. The van der Waals surface area contributed by atoms with E-state index in [0.717, 1.165) is 0 Å². The van der Waals surface area contributed by atoms with Crippen molar-refractivity contribution in [2.24, 2.45) is 10.7 Å². The largest absolute Gasteiger partial charge is 0.368 e. The van der Waals surface area contributed by atoms with Crippen molar-refractivity contribution in [2.45, 2.75) is 25.9 Å². The van der Waals surface area contributed by atoms with Crippen LogP contribution in [0.4, 0.5) is 20.4 Å². The van der Waals surface area contributed by atoms with Crippen molar-refractivity contribution in [3.8, 4) is 11.3 Å². The summed E-state index contributed by atoms with van der Waals surface area (Å²) >= 11 is 6.30. The van der Waals surface area contributed by atoms with E-state index < -0.39 is 23.1 Å². The minimum atomic E-state index is -0.932. The number of nitrogens with zero attached hydrogens (tertiary/aromatic N) is 4. The molecule has 0 saturated carbocycles. The lowest BCUT2D eigenvalue weighted by molar-refractivity contribution is -0.123.